The monoisotopic (exact) mass is 166 g/mol. The molecule has 0 spiro atoms. The van der Waals surface area contributed by atoms with Gasteiger partial charge in [0.05, 0.1) is 0 Å². The van der Waals surface area contributed by atoms with Crippen LogP contribution in [0.1, 0.15) is 45.4 Å². The fourth-order valence-electron chi connectivity index (χ4n) is 1.73. The molecule has 1 rings (SSSR count). The Morgan fingerprint density at radius 1 is 1.42 bits per heavy atom. The zero-order chi connectivity index (χ0) is 8.81. The smallest absolute Gasteiger partial charge is 0.136 e. The van der Waals surface area contributed by atoms with Gasteiger partial charge in [-0.1, -0.05) is 25.5 Å². The predicted octanol–water partition coefficient (Wildman–Crippen LogP) is 3.10. The molecule has 0 aromatic carbocycles. The van der Waals surface area contributed by atoms with Crippen molar-refractivity contribution >= 4 is 5.78 Å². The molecule has 1 nitrogen and oxygen atoms in total. The minimum Gasteiger partial charge on any atom is -0.299 e. The van der Waals surface area contributed by atoms with E-state index < -0.39 is 0 Å². The van der Waals surface area contributed by atoms with Crippen LogP contribution in [0, 0.1) is 5.92 Å². The molecule has 0 saturated carbocycles. The summed E-state index contributed by atoms with van der Waals surface area (Å²) >= 11 is 0. The van der Waals surface area contributed by atoms with E-state index in [1.165, 1.54) is 19.3 Å². The van der Waals surface area contributed by atoms with Crippen LogP contribution in [0.15, 0.2) is 12.2 Å². The van der Waals surface area contributed by atoms with E-state index >= 15 is 0 Å². The lowest BCUT2D eigenvalue weighted by Gasteiger charge is -2.14. The Kier molecular flexibility index (Phi) is 4.06. The number of hydrogen-bond acceptors (Lipinski definition) is 1. The van der Waals surface area contributed by atoms with Crippen molar-refractivity contribution in [3.8, 4) is 0 Å². The van der Waals surface area contributed by atoms with Gasteiger partial charge in [0.15, 0.2) is 0 Å². The summed E-state index contributed by atoms with van der Waals surface area (Å²) in [6, 6.07) is 0. The van der Waals surface area contributed by atoms with Gasteiger partial charge in [-0.15, -0.1) is 0 Å². The summed E-state index contributed by atoms with van der Waals surface area (Å²) in [6.07, 6.45) is 10.9. The average molecular weight is 166 g/mol. The number of Topliss-reactive ketones (excluding diaryl/α,β-unsaturated/α-hetero) is 1. The molecule has 0 aromatic rings. The van der Waals surface area contributed by atoms with Gasteiger partial charge in [0.25, 0.3) is 0 Å². The molecule has 0 radical (unpaired) electrons. The molecule has 0 saturated heterocycles. The molecule has 0 aliphatic heterocycles. The van der Waals surface area contributed by atoms with Gasteiger partial charge in [0.1, 0.15) is 5.78 Å². The Morgan fingerprint density at radius 2 is 2.25 bits per heavy atom. The van der Waals surface area contributed by atoms with Crippen LogP contribution in [0.4, 0.5) is 0 Å². The highest BCUT2D eigenvalue weighted by Gasteiger charge is 2.15. The molecule has 0 heterocycles. The van der Waals surface area contributed by atoms with E-state index in [-0.39, 0.29) is 0 Å². The van der Waals surface area contributed by atoms with Gasteiger partial charge in [-0.25, -0.2) is 0 Å². The second-order valence-electron chi connectivity index (χ2n) is 3.51. The van der Waals surface area contributed by atoms with Gasteiger partial charge in [0, 0.05) is 12.3 Å². The molecule has 68 valence electrons. The largest absolute Gasteiger partial charge is 0.299 e. The van der Waals surface area contributed by atoms with E-state index in [2.05, 4.69) is 12.2 Å². The number of ketones is 1. The molecule has 0 aromatic heterocycles. The van der Waals surface area contributed by atoms with Crippen LogP contribution in [-0.4, -0.2) is 5.78 Å². The van der Waals surface area contributed by atoms with E-state index in [9.17, 15) is 4.79 Å². The standard InChI is InChI=1S/C11H18O/c1-2-11(12)10-8-6-4-3-5-7-9-10/h4,6,10H,2-3,5,7-9H2,1H3/b6-4-. The van der Waals surface area contributed by atoms with E-state index in [4.69, 9.17) is 0 Å². The zero-order valence-corrected chi connectivity index (χ0v) is 7.88. The molecule has 1 heteroatoms. The topological polar surface area (TPSA) is 17.1 Å². The summed E-state index contributed by atoms with van der Waals surface area (Å²) in [5.74, 6) is 0.771. The van der Waals surface area contributed by atoms with Gasteiger partial charge in [-0.2, -0.15) is 0 Å². The Bertz CT molecular complexity index is 170. The second-order valence-corrected chi connectivity index (χ2v) is 3.51. The lowest BCUT2D eigenvalue weighted by molar-refractivity contribution is -0.122. The minimum atomic E-state index is 0.326. The van der Waals surface area contributed by atoms with Gasteiger partial charge in [0.2, 0.25) is 0 Å². The summed E-state index contributed by atoms with van der Waals surface area (Å²) in [5.41, 5.74) is 0. The first-order chi connectivity index (χ1) is 5.84. The number of carbonyl (C=O) groups is 1. The van der Waals surface area contributed by atoms with Crippen molar-refractivity contribution in [3.63, 3.8) is 0 Å². The first-order valence-electron chi connectivity index (χ1n) is 5.02. The Labute approximate surface area is 74.9 Å². The van der Waals surface area contributed by atoms with Crippen LogP contribution >= 0.6 is 0 Å². The molecule has 0 N–H and O–H groups in total. The van der Waals surface area contributed by atoms with Gasteiger partial charge < -0.3 is 0 Å². The Balaban J connectivity index is 2.45. The molecular weight excluding hydrogens is 148 g/mol. The third kappa shape index (κ3) is 2.80. The SMILES string of the molecule is CCC(=O)C1C/C=C\CCCC1. The van der Waals surface area contributed by atoms with Crippen molar-refractivity contribution < 1.29 is 4.79 Å². The van der Waals surface area contributed by atoms with Crippen molar-refractivity contribution in [2.75, 3.05) is 0 Å². The molecule has 1 unspecified atom stereocenters. The van der Waals surface area contributed by atoms with E-state index in [0.717, 1.165) is 12.8 Å². The molecule has 0 amide bonds. The first-order valence-corrected chi connectivity index (χ1v) is 5.02. The molecule has 0 fully saturated rings. The normalized spacial score (nSPS) is 27.2. The van der Waals surface area contributed by atoms with Crippen molar-refractivity contribution in [2.45, 2.75) is 45.4 Å². The van der Waals surface area contributed by atoms with Crippen LogP contribution < -0.4 is 0 Å². The van der Waals surface area contributed by atoms with Crippen molar-refractivity contribution in [1.82, 2.24) is 0 Å². The lowest BCUT2D eigenvalue weighted by atomic mass is 9.90. The third-order valence-corrected chi connectivity index (χ3v) is 2.56. The molecule has 1 aliphatic rings. The molecule has 12 heavy (non-hydrogen) atoms. The number of rotatable bonds is 2. The summed E-state index contributed by atoms with van der Waals surface area (Å²) in [6.45, 7) is 1.96. The van der Waals surface area contributed by atoms with Crippen LogP contribution in [0.3, 0.4) is 0 Å². The molecule has 1 aliphatic carbocycles. The van der Waals surface area contributed by atoms with Gasteiger partial charge in [-0.05, 0) is 25.7 Å². The second kappa shape index (κ2) is 5.13. The fraction of sp³-hybridized carbons (Fsp3) is 0.727. The van der Waals surface area contributed by atoms with E-state index in [1.54, 1.807) is 0 Å². The maximum absolute atomic E-state index is 11.4. The third-order valence-electron chi connectivity index (χ3n) is 2.56. The predicted molar refractivity (Wildman–Crippen MR) is 51.0 cm³/mol. The van der Waals surface area contributed by atoms with E-state index in [0.29, 0.717) is 18.1 Å². The maximum Gasteiger partial charge on any atom is 0.136 e. The number of hydrogen-bond donors (Lipinski definition) is 0. The maximum atomic E-state index is 11.4. The van der Waals surface area contributed by atoms with Crippen LogP contribution in [0.5, 0.6) is 0 Å². The lowest BCUT2D eigenvalue weighted by Crippen LogP contribution is -2.13. The van der Waals surface area contributed by atoms with Gasteiger partial charge >= 0.3 is 0 Å². The number of allylic oxidation sites excluding steroid dienone is 2. The van der Waals surface area contributed by atoms with Crippen LogP contribution in [0.25, 0.3) is 0 Å². The Hall–Kier alpha value is -0.590. The highest BCUT2D eigenvalue weighted by molar-refractivity contribution is 5.80. The van der Waals surface area contributed by atoms with Crippen molar-refractivity contribution in [3.05, 3.63) is 12.2 Å². The summed E-state index contributed by atoms with van der Waals surface area (Å²) in [4.78, 5) is 11.4. The van der Waals surface area contributed by atoms with E-state index in [1.807, 2.05) is 6.92 Å². The van der Waals surface area contributed by atoms with Gasteiger partial charge in [-0.3, -0.25) is 4.79 Å². The molecule has 1 atom stereocenters. The fourth-order valence-corrected chi connectivity index (χ4v) is 1.73. The Morgan fingerprint density at radius 3 is 3.00 bits per heavy atom. The average Bonchev–Trinajstić information content (AvgIpc) is 2.02. The van der Waals surface area contributed by atoms with Crippen molar-refractivity contribution in [2.24, 2.45) is 5.92 Å². The highest BCUT2D eigenvalue weighted by atomic mass is 16.1. The minimum absolute atomic E-state index is 0.326. The zero-order valence-electron chi connectivity index (χ0n) is 7.88. The summed E-state index contributed by atoms with van der Waals surface area (Å²) in [7, 11) is 0. The highest BCUT2D eigenvalue weighted by Crippen LogP contribution is 2.19. The van der Waals surface area contributed by atoms with Crippen molar-refractivity contribution in [1.29, 1.82) is 0 Å². The summed E-state index contributed by atoms with van der Waals surface area (Å²) < 4.78 is 0. The van der Waals surface area contributed by atoms with Crippen LogP contribution in [0.2, 0.25) is 0 Å². The van der Waals surface area contributed by atoms with Crippen LogP contribution in [-0.2, 0) is 4.79 Å². The quantitative estimate of drug-likeness (QED) is 0.576. The first kappa shape index (κ1) is 9.50. The number of carbonyl (C=O) groups excluding carboxylic acids is 1. The molecular formula is C11H18O. The molecule has 0 bridgehead atoms. The summed E-state index contributed by atoms with van der Waals surface area (Å²) in [5, 5.41) is 0.